The first kappa shape index (κ1) is 13.5. The van der Waals surface area contributed by atoms with Crippen molar-refractivity contribution in [2.75, 3.05) is 20.0 Å². The molecule has 0 aliphatic carbocycles. The van der Waals surface area contributed by atoms with E-state index in [1.807, 2.05) is 35.7 Å². The maximum absolute atomic E-state index is 6.06. The maximum atomic E-state index is 6.06. The van der Waals surface area contributed by atoms with Crippen LogP contribution in [0.25, 0.3) is 21.7 Å². The lowest BCUT2D eigenvalue weighted by Gasteiger charge is -2.09. The standard InChI is InChI=1S/C15H15N3O2S/c1-19-10-6-4-3-5-9(10)12-13(17-18-15(12)16)14-11(20-2)7-8-21-14/h3-8H,1-2H3,(H3,16,17,18). The van der Waals surface area contributed by atoms with Crippen molar-refractivity contribution in [1.82, 2.24) is 10.2 Å². The highest BCUT2D eigenvalue weighted by molar-refractivity contribution is 7.14. The molecule has 2 aromatic heterocycles. The summed E-state index contributed by atoms with van der Waals surface area (Å²) in [6.45, 7) is 0. The smallest absolute Gasteiger partial charge is 0.153 e. The minimum atomic E-state index is 0.435. The number of ether oxygens (including phenoxy) is 2. The molecule has 1 aromatic carbocycles. The van der Waals surface area contributed by atoms with Crippen molar-refractivity contribution in [1.29, 1.82) is 0 Å². The molecule has 3 rings (SSSR count). The Morgan fingerprint density at radius 1 is 1.10 bits per heavy atom. The fourth-order valence-corrected chi connectivity index (χ4v) is 3.15. The van der Waals surface area contributed by atoms with Gasteiger partial charge in [-0.1, -0.05) is 18.2 Å². The third-order valence-electron chi connectivity index (χ3n) is 3.25. The van der Waals surface area contributed by atoms with Crippen molar-refractivity contribution in [2.45, 2.75) is 0 Å². The van der Waals surface area contributed by atoms with Crippen LogP contribution in [0.2, 0.25) is 0 Å². The number of rotatable bonds is 4. The third kappa shape index (κ3) is 2.23. The molecular weight excluding hydrogens is 286 g/mol. The Morgan fingerprint density at radius 3 is 2.62 bits per heavy atom. The topological polar surface area (TPSA) is 73.2 Å². The predicted octanol–water partition coefficient (Wildman–Crippen LogP) is 3.40. The van der Waals surface area contributed by atoms with Crippen LogP contribution in [-0.4, -0.2) is 24.4 Å². The van der Waals surface area contributed by atoms with Gasteiger partial charge in [0.1, 0.15) is 11.5 Å². The lowest BCUT2D eigenvalue weighted by atomic mass is 10.0. The second-order valence-electron chi connectivity index (χ2n) is 4.38. The number of nitrogens with two attached hydrogens (primary N) is 1. The molecule has 3 aromatic rings. The first-order chi connectivity index (χ1) is 10.3. The van der Waals surface area contributed by atoms with Crippen molar-refractivity contribution in [2.24, 2.45) is 0 Å². The maximum Gasteiger partial charge on any atom is 0.153 e. The molecule has 21 heavy (non-hydrogen) atoms. The number of H-pyrrole nitrogens is 1. The average molecular weight is 301 g/mol. The molecule has 0 saturated carbocycles. The monoisotopic (exact) mass is 301 g/mol. The molecule has 0 bridgehead atoms. The highest BCUT2D eigenvalue weighted by atomic mass is 32.1. The number of nitrogens with one attached hydrogen (secondary N) is 1. The van der Waals surface area contributed by atoms with Crippen LogP contribution in [0.1, 0.15) is 0 Å². The van der Waals surface area contributed by atoms with Crippen molar-refractivity contribution in [3.8, 4) is 33.2 Å². The van der Waals surface area contributed by atoms with Gasteiger partial charge in [0, 0.05) is 5.56 Å². The van der Waals surface area contributed by atoms with E-state index in [1.54, 1.807) is 25.6 Å². The molecule has 2 heterocycles. The zero-order chi connectivity index (χ0) is 14.8. The van der Waals surface area contributed by atoms with Gasteiger partial charge in [-0.3, -0.25) is 5.10 Å². The largest absolute Gasteiger partial charge is 0.496 e. The molecule has 6 heteroatoms. The summed E-state index contributed by atoms with van der Waals surface area (Å²) in [5, 5.41) is 9.12. The third-order valence-corrected chi connectivity index (χ3v) is 4.16. The van der Waals surface area contributed by atoms with Gasteiger partial charge in [0.25, 0.3) is 0 Å². The lowest BCUT2D eigenvalue weighted by Crippen LogP contribution is -1.92. The number of aromatic amines is 1. The van der Waals surface area contributed by atoms with E-state index in [4.69, 9.17) is 15.2 Å². The summed E-state index contributed by atoms with van der Waals surface area (Å²) in [6.07, 6.45) is 0. The van der Waals surface area contributed by atoms with Gasteiger partial charge in [-0.2, -0.15) is 5.10 Å². The number of hydrogen-bond acceptors (Lipinski definition) is 5. The minimum Gasteiger partial charge on any atom is -0.496 e. The number of methoxy groups -OCH3 is 2. The highest BCUT2D eigenvalue weighted by Gasteiger charge is 2.21. The highest BCUT2D eigenvalue weighted by Crippen LogP contribution is 2.44. The second-order valence-corrected chi connectivity index (χ2v) is 5.29. The summed E-state index contributed by atoms with van der Waals surface area (Å²) in [6, 6.07) is 9.65. The molecule has 5 nitrogen and oxygen atoms in total. The number of aromatic nitrogens is 2. The molecule has 0 amide bonds. The van der Waals surface area contributed by atoms with E-state index in [-0.39, 0.29) is 0 Å². The van der Waals surface area contributed by atoms with E-state index in [0.717, 1.165) is 33.2 Å². The molecule has 0 aliphatic heterocycles. The Labute approximate surface area is 126 Å². The summed E-state index contributed by atoms with van der Waals surface area (Å²) in [7, 11) is 3.29. The van der Waals surface area contributed by atoms with Crippen molar-refractivity contribution >= 4 is 17.2 Å². The van der Waals surface area contributed by atoms with Crippen LogP contribution in [0.3, 0.4) is 0 Å². The molecule has 0 saturated heterocycles. The lowest BCUT2D eigenvalue weighted by molar-refractivity contribution is 0.416. The molecule has 0 atom stereocenters. The Balaban J connectivity index is 2.23. The van der Waals surface area contributed by atoms with Gasteiger partial charge in [-0.05, 0) is 17.5 Å². The first-order valence-electron chi connectivity index (χ1n) is 6.35. The fraction of sp³-hybridized carbons (Fsp3) is 0.133. The van der Waals surface area contributed by atoms with E-state index >= 15 is 0 Å². The molecule has 0 fully saturated rings. The SMILES string of the molecule is COc1ccccc1-c1c(N)n[nH]c1-c1sccc1OC. The summed E-state index contributed by atoms with van der Waals surface area (Å²) < 4.78 is 10.8. The normalized spacial score (nSPS) is 10.6. The number of hydrogen-bond donors (Lipinski definition) is 2. The molecule has 0 radical (unpaired) electrons. The minimum absolute atomic E-state index is 0.435. The number of nitrogen functional groups attached to an aromatic ring is 1. The van der Waals surface area contributed by atoms with Crippen LogP contribution in [0.4, 0.5) is 5.82 Å². The molecule has 0 aliphatic rings. The van der Waals surface area contributed by atoms with Crippen LogP contribution >= 0.6 is 11.3 Å². The van der Waals surface area contributed by atoms with Crippen molar-refractivity contribution in [3.63, 3.8) is 0 Å². The van der Waals surface area contributed by atoms with Crippen LogP contribution in [0.5, 0.6) is 11.5 Å². The number of anilines is 1. The quantitative estimate of drug-likeness (QED) is 0.774. The summed E-state index contributed by atoms with van der Waals surface area (Å²) in [4.78, 5) is 0.961. The second kappa shape index (κ2) is 5.49. The number of thiophene rings is 1. The molecule has 108 valence electrons. The fourth-order valence-electron chi connectivity index (χ4n) is 2.28. The summed E-state index contributed by atoms with van der Waals surface area (Å²) in [5.74, 6) is 1.98. The van der Waals surface area contributed by atoms with E-state index in [0.29, 0.717) is 5.82 Å². The Kier molecular flexibility index (Phi) is 3.53. The zero-order valence-corrected chi connectivity index (χ0v) is 12.5. The van der Waals surface area contributed by atoms with E-state index in [2.05, 4.69) is 10.2 Å². The number of benzene rings is 1. The van der Waals surface area contributed by atoms with Crippen molar-refractivity contribution < 1.29 is 9.47 Å². The van der Waals surface area contributed by atoms with E-state index in [1.165, 1.54) is 0 Å². The van der Waals surface area contributed by atoms with Crippen LogP contribution < -0.4 is 15.2 Å². The summed E-state index contributed by atoms with van der Waals surface area (Å²) in [5.41, 5.74) is 8.62. The van der Waals surface area contributed by atoms with Gasteiger partial charge < -0.3 is 15.2 Å². The van der Waals surface area contributed by atoms with E-state index < -0.39 is 0 Å². The first-order valence-corrected chi connectivity index (χ1v) is 7.23. The molecule has 3 N–H and O–H groups in total. The molecule has 0 unspecified atom stereocenters. The predicted molar refractivity (Wildman–Crippen MR) is 84.9 cm³/mol. The van der Waals surface area contributed by atoms with Crippen LogP contribution in [0, 0.1) is 0 Å². The number of para-hydroxylation sites is 1. The van der Waals surface area contributed by atoms with Crippen LogP contribution in [-0.2, 0) is 0 Å². The van der Waals surface area contributed by atoms with Gasteiger partial charge in [0.05, 0.1) is 30.4 Å². The van der Waals surface area contributed by atoms with Gasteiger partial charge in [0.15, 0.2) is 5.82 Å². The van der Waals surface area contributed by atoms with Gasteiger partial charge >= 0.3 is 0 Å². The summed E-state index contributed by atoms with van der Waals surface area (Å²) >= 11 is 1.57. The van der Waals surface area contributed by atoms with Gasteiger partial charge in [0.2, 0.25) is 0 Å². The average Bonchev–Trinajstić information content (AvgIpc) is 3.12. The van der Waals surface area contributed by atoms with Gasteiger partial charge in [-0.15, -0.1) is 11.3 Å². The molecule has 0 spiro atoms. The van der Waals surface area contributed by atoms with Crippen molar-refractivity contribution in [3.05, 3.63) is 35.7 Å². The Hall–Kier alpha value is -2.47. The van der Waals surface area contributed by atoms with Gasteiger partial charge in [-0.25, -0.2) is 0 Å². The van der Waals surface area contributed by atoms with Crippen LogP contribution in [0.15, 0.2) is 35.7 Å². The Bertz CT molecular complexity index is 764. The van der Waals surface area contributed by atoms with E-state index in [9.17, 15) is 0 Å². The number of nitrogens with zero attached hydrogens (tertiary/aromatic N) is 1. The molecular formula is C15H15N3O2S. The Morgan fingerprint density at radius 2 is 1.86 bits per heavy atom. The zero-order valence-electron chi connectivity index (χ0n) is 11.7.